The van der Waals surface area contributed by atoms with Gasteiger partial charge in [0, 0.05) is 60.8 Å². The molecule has 0 unspecified atom stereocenters. The Labute approximate surface area is 718 Å². The van der Waals surface area contributed by atoms with Crippen LogP contribution in [0.2, 0.25) is 10.0 Å². The van der Waals surface area contributed by atoms with Crippen molar-refractivity contribution in [2.45, 2.75) is 222 Å². The lowest BCUT2D eigenvalue weighted by Gasteiger charge is -2.54. The number of rotatable bonds is 19. The van der Waals surface area contributed by atoms with Crippen molar-refractivity contribution < 1.29 is 122 Å². The molecule has 0 spiro atoms. The summed E-state index contributed by atoms with van der Waals surface area (Å²) in [5.74, 6) is -16.5. The van der Waals surface area contributed by atoms with Crippen LogP contribution in [-0.2, 0) is 63.8 Å². The van der Waals surface area contributed by atoms with Gasteiger partial charge in [-0.3, -0.25) is 48.5 Å². The van der Waals surface area contributed by atoms with Crippen LogP contribution >= 0.6 is 23.2 Å². The smallest absolute Gasteiger partial charge is 0.246 e. The van der Waals surface area contributed by atoms with Gasteiger partial charge in [-0.25, -0.2) is 0 Å². The molecule has 11 aliphatic rings. The molecule has 18 atom stereocenters. The van der Waals surface area contributed by atoms with Crippen LogP contribution in [0.15, 0.2) is 103 Å². The SMILES string of the molecule is CCOc1ccc(CC(=O)NC(=O)C[C@@H]2CC(=O)[C@H](NC(=O)[C@H](CC)CC(C)C)[C@H](O)c3ccc(c(Cl)c3)Oc3cc4cc(c3O[C@@H]3O[C@H](CO)[C@@H](O)[C@H](O)[C@H]3O[C@H]3C[C@](C)(N)[C@H](O)[C@H](C)O3)Oc3ccc(cc3Cl)[C@@H](O)[C@@H]3NC(=O)[C@H](CC(=O)[C@@H]4NC2=O)c2ccc(O)c(c2)-c2c(O)cc(O)cc2[C@@H](C(=O)CC2C4CC5CC(C4)CC2C5)NC3=O)cc1. The van der Waals surface area contributed by atoms with Gasteiger partial charge >= 0.3 is 0 Å². The number of Topliss-reactive ketones (excluding diaryl/α,β-unsaturated/α-hetero) is 3. The average molecular weight is 1740 g/mol. The molecular weight excluding hydrogens is 1640 g/mol. The van der Waals surface area contributed by atoms with Gasteiger partial charge in [0.25, 0.3) is 0 Å². The van der Waals surface area contributed by atoms with E-state index in [1.165, 1.54) is 62.4 Å². The van der Waals surface area contributed by atoms with Crippen LogP contribution in [0.4, 0.5) is 0 Å². The van der Waals surface area contributed by atoms with Crippen molar-refractivity contribution in [2.24, 2.45) is 53.1 Å². The number of ether oxygens (including phenoxy) is 7. The highest BCUT2D eigenvalue weighted by Gasteiger charge is 2.53. The number of amides is 6. The van der Waals surface area contributed by atoms with Crippen molar-refractivity contribution >= 4 is 76.0 Å². The minimum absolute atomic E-state index is 0.0486. The highest BCUT2D eigenvalue weighted by atomic mass is 35.5. The van der Waals surface area contributed by atoms with E-state index in [1.807, 2.05) is 13.8 Å². The topological polar surface area (TPSA) is 486 Å². The van der Waals surface area contributed by atoms with Crippen molar-refractivity contribution in [3.05, 3.63) is 147 Å². The van der Waals surface area contributed by atoms with Gasteiger partial charge in [0.15, 0.2) is 41.2 Å². The quantitative estimate of drug-likeness (QED) is 0.0362. The minimum Gasteiger partial charge on any atom is -0.508 e. The van der Waals surface area contributed by atoms with Crippen LogP contribution in [0.5, 0.6) is 51.7 Å². The number of hydrogen-bond donors (Lipinski definition) is 15. The number of aliphatic hydroxyl groups is 6. The zero-order valence-electron chi connectivity index (χ0n) is 68.6. The fourth-order valence-corrected chi connectivity index (χ4v) is 19.8. The Kier molecular flexibility index (Phi) is 27.0. The predicted molar refractivity (Wildman–Crippen MR) is 441 cm³/mol. The van der Waals surface area contributed by atoms with Crippen molar-refractivity contribution in [1.82, 2.24) is 26.6 Å². The number of aliphatic hydroxyl groups excluding tert-OH is 6. The van der Waals surface area contributed by atoms with Crippen molar-refractivity contribution in [2.75, 3.05) is 13.2 Å². The number of ketones is 3. The lowest BCUT2D eigenvalue weighted by Crippen LogP contribution is -2.64. The second-order valence-electron chi connectivity index (χ2n) is 34.8. The van der Waals surface area contributed by atoms with Gasteiger partial charge in [0.05, 0.1) is 53.7 Å². The zero-order chi connectivity index (χ0) is 88.1. The lowest BCUT2D eigenvalue weighted by molar-refractivity contribution is -0.333. The number of fused-ring (bicyclic) bond motifs is 15. The van der Waals surface area contributed by atoms with Gasteiger partial charge in [-0.1, -0.05) is 74.3 Å². The number of nitrogens with two attached hydrogens (primary N) is 1. The summed E-state index contributed by atoms with van der Waals surface area (Å²) in [6.45, 7) is 9.72. The highest BCUT2D eigenvalue weighted by molar-refractivity contribution is 6.32. The first kappa shape index (κ1) is 89.4. The number of halogens is 2. The molecule has 0 radical (unpaired) electrons. The molecule has 17 rings (SSSR count). The Balaban J connectivity index is 0.963. The van der Waals surface area contributed by atoms with Gasteiger partial charge in [-0.05, 0) is 201 Å². The van der Waals surface area contributed by atoms with E-state index in [0.29, 0.717) is 36.2 Å². The third kappa shape index (κ3) is 19.3. The Hall–Kier alpha value is -9.87. The minimum atomic E-state index is -2.24. The molecule has 16 N–H and O–H groups in total. The molecular formula is C90H104Cl2N6O25. The van der Waals surface area contributed by atoms with Crippen LogP contribution in [0.3, 0.4) is 0 Å². The number of nitrogens with one attached hydrogen (secondary N) is 5. The Morgan fingerprint density at radius 1 is 0.675 bits per heavy atom. The van der Waals surface area contributed by atoms with Crippen LogP contribution in [0.1, 0.15) is 182 Å². The predicted octanol–water partition coefficient (Wildman–Crippen LogP) is 8.27. The second kappa shape index (κ2) is 37.1. The van der Waals surface area contributed by atoms with Crippen molar-refractivity contribution in [3.8, 4) is 62.9 Å². The van der Waals surface area contributed by atoms with Crippen LogP contribution in [0.25, 0.3) is 11.1 Å². The second-order valence-corrected chi connectivity index (χ2v) is 35.6. The summed E-state index contributed by atoms with van der Waals surface area (Å²) in [6.07, 6.45) is -15.9. The number of phenolic OH excluding ortho intramolecular Hbond substituents is 3. The zero-order valence-corrected chi connectivity index (χ0v) is 70.1. The lowest BCUT2D eigenvalue weighted by atomic mass is 9.51. The van der Waals surface area contributed by atoms with E-state index in [4.69, 9.17) is 62.1 Å². The van der Waals surface area contributed by atoms with Crippen molar-refractivity contribution in [1.29, 1.82) is 0 Å². The van der Waals surface area contributed by atoms with Crippen LogP contribution in [-0.4, -0.2) is 179 Å². The summed E-state index contributed by atoms with van der Waals surface area (Å²) in [4.78, 5) is 139. The molecule has 123 heavy (non-hydrogen) atoms. The summed E-state index contributed by atoms with van der Waals surface area (Å²) in [5, 5.41) is 120. The summed E-state index contributed by atoms with van der Waals surface area (Å²) < 4.78 is 44.8. The Morgan fingerprint density at radius 2 is 1.32 bits per heavy atom. The van der Waals surface area contributed by atoms with Crippen LogP contribution in [0, 0.1) is 47.3 Å². The van der Waals surface area contributed by atoms with E-state index in [0.717, 1.165) is 62.4 Å². The number of carbonyl (C=O) groups is 9. The molecule has 658 valence electrons. The number of hydrogen-bond acceptors (Lipinski definition) is 26. The maximum atomic E-state index is 16.8. The molecule has 0 aromatic heterocycles. The van der Waals surface area contributed by atoms with E-state index in [2.05, 4.69) is 26.6 Å². The molecule has 6 aromatic rings. The number of phenols is 3. The number of aromatic hydroxyl groups is 3. The van der Waals surface area contributed by atoms with E-state index in [1.54, 1.807) is 38.1 Å². The third-order valence-electron chi connectivity index (χ3n) is 25.4. The molecule has 7 aliphatic heterocycles. The molecule has 4 aliphatic carbocycles. The Bertz CT molecular complexity index is 5020. The van der Waals surface area contributed by atoms with Gasteiger partial charge in [-0.15, -0.1) is 0 Å². The maximum Gasteiger partial charge on any atom is 0.246 e. The number of benzene rings is 6. The first-order valence-electron chi connectivity index (χ1n) is 41.8. The van der Waals surface area contributed by atoms with E-state index < -0.39 is 222 Å². The number of imide groups is 1. The summed E-state index contributed by atoms with van der Waals surface area (Å²) >= 11 is 14.6. The summed E-state index contributed by atoms with van der Waals surface area (Å²) in [6, 6.07) is 13.6. The summed E-state index contributed by atoms with van der Waals surface area (Å²) in [7, 11) is 0. The molecule has 4 saturated carbocycles. The molecule has 7 heterocycles. The van der Waals surface area contributed by atoms with Crippen LogP contribution < -0.4 is 51.3 Å². The van der Waals surface area contributed by atoms with E-state index >= 15 is 28.8 Å². The number of carbonyl (C=O) groups excluding carboxylic acids is 9. The highest BCUT2D eigenvalue weighted by Crippen LogP contribution is 2.59. The van der Waals surface area contributed by atoms with Gasteiger partial charge < -0.3 is 106 Å². The molecule has 6 amide bonds. The standard InChI is InChI=1S/C90H104Cl2N6O25/c1-7-44(19-39(3)4)85(113)97-76-62(103)29-51(32-71(107)94-70(106)25-41-9-14-53(15-10-41)117-8-2)86(114)95-74-50-30-67(119-65-17-12-46(78(76)108)27-58(65)91)82(123-89-83(81(111)80(110)69(38-99)121-89)122-72-37-90(6,93)84(112)40(5)118-72)68(31-50)120-66-18-13-47(28-59(66)92)79(109)77-88(116)96-75(64(105)35-54-48-21-42-20-43(23-48)24-49(54)22-42)57-33-52(100)34-61(102)73(57)56-26-45(11-16-60(56)101)55(36-63(74)104)87(115)98-77/h9-18,26-28,30-31,33-34,39-40,42-44,48-49,51,54-55,69,72,74-81,83-84,89,99-102,108-112H,7-8,19-25,29,32,35-38,93H2,1-6H3,(H,95,114)(H,96,116)(H,97,113)(H,98,115)(H,94,106,107)/t40-,42?,43?,44+,48?,49?,51-,54?,55+,69+,72-,74+,75-,76-,77-,78+,79+,80+,81-,83+,84+,89-,90-/m0/s1. The molecule has 33 heteroatoms. The molecule has 6 fully saturated rings. The van der Waals surface area contributed by atoms with Gasteiger partial charge in [-0.2, -0.15) is 0 Å². The Morgan fingerprint density at radius 3 is 1.93 bits per heavy atom. The monoisotopic (exact) mass is 1740 g/mol. The van der Waals surface area contributed by atoms with E-state index in [-0.39, 0.29) is 110 Å². The van der Waals surface area contributed by atoms with E-state index in [9.17, 15) is 60.3 Å². The van der Waals surface area contributed by atoms with Gasteiger partial charge in [0.1, 0.15) is 89.2 Å². The molecule has 15 bridgehead atoms. The fourth-order valence-electron chi connectivity index (χ4n) is 19.3. The van der Waals surface area contributed by atoms with Crippen molar-refractivity contribution in [3.63, 3.8) is 0 Å². The average Bonchev–Trinajstić information content (AvgIpc) is 0.760. The normalized spacial score (nSPS) is 30.8. The largest absolute Gasteiger partial charge is 0.508 e. The molecule has 6 aromatic carbocycles. The maximum absolute atomic E-state index is 16.8. The molecule has 31 nitrogen and oxygen atoms in total. The fraction of sp³-hybridized carbons (Fsp3) is 0.500. The summed E-state index contributed by atoms with van der Waals surface area (Å²) in [5.41, 5.74) is 4.00. The third-order valence-corrected chi connectivity index (χ3v) is 26.0. The first-order valence-corrected chi connectivity index (χ1v) is 42.6. The molecule has 2 saturated heterocycles. The first-order chi connectivity index (χ1) is 58.5. The van der Waals surface area contributed by atoms with Gasteiger partial charge in [0.2, 0.25) is 47.5 Å².